The number of hydrogen-bond acceptors (Lipinski definition) is 2. The first-order valence-electron chi connectivity index (χ1n) is 7.22. The molecule has 1 aromatic rings. The van der Waals surface area contributed by atoms with Crippen molar-refractivity contribution in [2.75, 3.05) is 6.61 Å². The molecule has 0 aliphatic carbocycles. The van der Waals surface area contributed by atoms with Crippen LogP contribution in [-0.4, -0.2) is 12.9 Å². The van der Waals surface area contributed by atoms with E-state index in [9.17, 15) is 0 Å². The second kappa shape index (κ2) is 7.55. The van der Waals surface area contributed by atoms with Gasteiger partial charge in [0.2, 0.25) is 0 Å². The van der Waals surface area contributed by atoms with Crippen molar-refractivity contribution in [3.8, 4) is 0 Å². The Morgan fingerprint density at radius 3 is 2.61 bits per heavy atom. The Hall–Kier alpha value is -0.860. The summed E-state index contributed by atoms with van der Waals surface area (Å²) in [6.07, 6.45) is 7.67. The Kier molecular flexibility index (Phi) is 5.69. The monoisotopic (exact) mass is 248 g/mol. The lowest BCUT2D eigenvalue weighted by Gasteiger charge is -2.11. The van der Waals surface area contributed by atoms with Crippen LogP contribution in [0.25, 0.3) is 0 Å². The summed E-state index contributed by atoms with van der Waals surface area (Å²) in [6.45, 7) is 2.94. The lowest BCUT2D eigenvalue weighted by molar-refractivity contribution is -0.0637. The van der Waals surface area contributed by atoms with Crippen molar-refractivity contribution in [3.05, 3.63) is 35.9 Å². The zero-order chi connectivity index (χ0) is 12.6. The van der Waals surface area contributed by atoms with Crippen LogP contribution in [-0.2, 0) is 9.47 Å². The Balaban J connectivity index is 1.66. The van der Waals surface area contributed by atoms with Gasteiger partial charge in [0, 0.05) is 0 Å². The zero-order valence-corrected chi connectivity index (χ0v) is 11.3. The molecule has 0 bridgehead atoms. The van der Waals surface area contributed by atoms with E-state index in [0.29, 0.717) is 6.61 Å². The standard InChI is InChI=1S/C16H24O2/c1-2-3-4-5-9-12-16-17-13-15(18-16)14-10-7-6-8-11-14/h6-8,10-11,15-16H,2-5,9,12-13H2,1H3. The van der Waals surface area contributed by atoms with Gasteiger partial charge < -0.3 is 9.47 Å². The third kappa shape index (κ3) is 4.11. The summed E-state index contributed by atoms with van der Waals surface area (Å²) in [6, 6.07) is 10.4. The predicted octanol–water partition coefficient (Wildman–Crippen LogP) is 4.46. The number of benzene rings is 1. The molecule has 2 heteroatoms. The molecule has 1 heterocycles. The topological polar surface area (TPSA) is 18.5 Å². The third-order valence-electron chi connectivity index (χ3n) is 3.46. The molecule has 2 unspecified atom stereocenters. The quantitative estimate of drug-likeness (QED) is 0.663. The molecular formula is C16H24O2. The highest BCUT2D eigenvalue weighted by Crippen LogP contribution is 2.28. The molecule has 0 spiro atoms. The Morgan fingerprint density at radius 1 is 1.06 bits per heavy atom. The van der Waals surface area contributed by atoms with Crippen LogP contribution in [0.15, 0.2) is 30.3 Å². The van der Waals surface area contributed by atoms with Crippen LogP contribution < -0.4 is 0 Å². The number of hydrogen-bond donors (Lipinski definition) is 0. The maximum absolute atomic E-state index is 5.93. The minimum Gasteiger partial charge on any atom is -0.350 e. The van der Waals surface area contributed by atoms with Crippen LogP contribution in [0, 0.1) is 0 Å². The van der Waals surface area contributed by atoms with Gasteiger partial charge in [-0.3, -0.25) is 0 Å². The van der Waals surface area contributed by atoms with Crippen LogP contribution in [0.3, 0.4) is 0 Å². The molecule has 1 fully saturated rings. The van der Waals surface area contributed by atoms with E-state index in [1.165, 1.54) is 37.7 Å². The van der Waals surface area contributed by atoms with Crippen molar-refractivity contribution < 1.29 is 9.47 Å². The first-order chi connectivity index (χ1) is 8.90. The molecule has 100 valence electrons. The molecule has 2 atom stereocenters. The second-order valence-corrected chi connectivity index (χ2v) is 5.00. The van der Waals surface area contributed by atoms with Crippen molar-refractivity contribution in [2.45, 2.75) is 57.8 Å². The van der Waals surface area contributed by atoms with Gasteiger partial charge in [-0.15, -0.1) is 0 Å². The van der Waals surface area contributed by atoms with Gasteiger partial charge in [-0.05, 0) is 18.4 Å². The van der Waals surface area contributed by atoms with Crippen LogP contribution >= 0.6 is 0 Å². The van der Waals surface area contributed by atoms with Gasteiger partial charge in [0.1, 0.15) is 6.10 Å². The highest BCUT2D eigenvalue weighted by molar-refractivity contribution is 5.18. The minimum atomic E-state index is 0.0110. The molecule has 0 amide bonds. The fraction of sp³-hybridized carbons (Fsp3) is 0.625. The molecule has 2 nitrogen and oxygen atoms in total. The van der Waals surface area contributed by atoms with Gasteiger partial charge in [-0.1, -0.05) is 62.9 Å². The molecule has 0 aromatic heterocycles. The fourth-order valence-corrected chi connectivity index (χ4v) is 2.36. The predicted molar refractivity (Wildman–Crippen MR) is 73.4 cm³/mol. The average molecular weight is 248 g/mol. The highest BCUT2D eigenvalue weighted by atomic mass is 16.7. The summed E-state index contributed by atoms with van der Waals surface area (Å²) in [5.41, 5.74) is 1.23. The molecule has 1 saturated heterocycles. The summed E-state index contributed by atoms with van der Waals surface area (Å²) in [4.78, 5) is 0. The van der Waals surface area contributed by atoms with Crippen molar-refractivity contribution in [3.63, 3.8) is 0 Å². The van der Waals surface area contributed by atoms with Gasteiger partial charge in [-0.25, -0.2) is 0 Å². The van der Waals surface area contributed by atoms with E-state index < -0.39 is 0 Å². The van der Waals surface area contributed by atoms with Crippen molar-refractivity contribution in [1.82, 2.24) is 0 Å². The van der Waals surface area contributed by atoms with E-state index >= 15 is 0 Å². The number of unbranched alkanes of at least 4 members (excludes halogenated alkanes) is 4. The number of ether oxygens (including phenoxy) is 2. The summed E-state index contributed by atoms with van der Waals surface area (Å²) < 4.78 is 11.6. The summed E-state index contributed by atoms with van der Waals surface area (Å²) >= 11 is 0. The molecule has 18 heavy (non-hydrogen) atoms. The zero-order valence-electron chi connectivity index (χ0n) is 11.3. The first-order valence-corrected chi connectivity index (χ1v) is 7.22. The molecule has 1 aliphatic rings. The maximum atomic E-state index is 5.93. The van der Waals surface area contributed by atoms with Gasteiger partial charge in [0.05, 0.1) is 6.61 Å². The molecule has 1 aromatic carbocycles. The van der Waals surface area contributed by atoms with Gasteiger partial charge >= 0.3 is 0 Å². The van der Waals surface area contributed by atoms with Crippen molar-refractivity contribution in [1.29, 1.82) is 0 Å². The van der Waals surface area contributed by atoms with Crippen LogP contribution in [0.5, 0.6) is 0 Å². The van der Waals surface area contributed by atoms with Crippen molar-refractivity contribution >= 4 is 0 Å². The van der Waals surface area contributed by atoms with Crippen molar-refractivity contribution in [2.24, 2.45) is 0 Å². The van der Waals surface area contributed by atoms with Gasteiger partial charge in [0.15, 0.2) is 6.29 Å². The minimum absolute atomic E-state index is 0.0110. The van der Waals surface area contributed by atoms with E-state index in [4.69, 9.17) is 9.47 Å². The highest BCUT2D eigenvalue weighted by Gasteiger charge is 2.26. The van der Waals surface area contributed by atoms with Crippen LogP contribution in [0.4, 0.5) is 0 Å². The Labute approximate surface area is 110 Å². The van der Waals surface area contributed by atoms with E-state index in [0.717, 1.165) is 6.42 Å². The lowest BCUT2D eigenvalue weighted by Crippen LogP contribution is -2.07. The molecule has 2 rings (SSSR count). The van der Waals surface area contributed by atoms with E-state index in [1.54, 1.807) is 0 Å². The fourth-order valence-electron chi connectivity index (χ4n) is 2.36. The summed E-state index contributed by atoms with van der Waals surface area (Å²) in [7, 11) is 0. The SMILES string of the molecule is CCCCCCCC1OCC(c2ccccc2)O1. The molecule has 0 radical (unpaired) electrons. The smallest absolute Gasteiger partial charge is 0.158 e. The second-order valence-electron chi connectivity index (χ2n) is 5.00. The summed E-state index contributed by atoms with van der Waals surface area (Å²) in [5, 5.41) is 0. The molecule has 1 aliphatic heterocycles. The molecule has 0 N–H and O–H groups in total. The Bertz CT molecular complexity index is 323. The van der Waals surface area contributed by atoms with Gasteiger partial charge in [0.25, 0.3) is 0 Å². The summed E-state index contributed by atoms with van der Waals surface area (Å²) in [5.74, 6) is 0. The molecule has 0 saturated carbocycles. The maximum Gasteiger partial charge on any atom is 0.158 e. The normalized spacial score (nSPS) is 23.4. The average Bonchev–Trinajstić information content (AvgIpc) is 2.88. The van der Waals surface area contributed by atoms with Crippen LogP contribution in [0.2, 0.25) is 0 Å². The number of rotatable bonds is 7. The third-order valence-corrected chi connectivity index (χ3v) is 3.46. The van der Waals surface area contributed by atoms with E-state index in [1.807, 2.05) is 6.07 Å². The van der Waals surface area contributed by atoms with E-state index in [-0.39, 0.29) is 12.4 Å². The molecular weight excluding hydrogens is 224 g/mol. The lowest BCUT2D eigenvalue weighted by atomic mass is 10.1. The first kappa shape index (κ1) is 13.6. The van der Waals surface area contributed by atoms with Crippen LogP contribution in [0.1, 0.15) is 57.1 Å². The van der Waals surface area contributed by atoms with E-state index in [2.05, 4.69) is 31.2 Å². The van der Waals surface area contributed by atoms with Gasteiger partial charge in [-0.2, -0.15) is 0 Å². The Morgan fingerprint density at radius 2 is 1.83 bits per heavy atom. The largest absolute Gasteiger partial charge is 0.350 e.